The lowest BCUT2D eigenvalue weighted by Crippen LogP contribution is -2.20. The Balaban J connectivity index is 2.13. The third kappa shape index (κ3) is 0.992. The highest BCUT2D eigenvalue weighted by Crippen LogP contribution is 2.48. The molecule has 2 N–H and O–H groups in total. The SMILES string of the molecule is NC1c2ccccc2C2C=CCCC12. The molecular weight excluding hydrogens is 170 g/mol. The van der Waals surface area contributed by atoms with Gasteiger partial charge in [-0.1, -0.05) is 36.4 Å². The van der Waals surface area contributed by atoms with Crippen LogP contribution in [0.5, 0.6) is 0 Å². The van der Waals surface area contributed by atoms with E-state index in [4.69, 9.17) is 5.73 Å². The fraction of sp³-hybridized carbons (Fsp3) is 0.385. The van der Waals surface area contributed by atoms with Gasteiger partial charge in [-0.2, -0.15) is 0 Å². The number of hydrogen-bond acceptors (Lipinski definition) is 1. The molecule has 1 heteroatoms. The van der Waals surface area contributed by atoms with Crippen molar-refractivity contribution in [2.45, 2.75) is 24.8 Å². The first-order valence-corrected chi connectivity index (χ1v) is 5.39. The molecule has 0 radical (unpaired) electrons. The average molecular weight is 185 g/mol. The van der Waals surface area contributed by atoms with Gasteiger partial charge < -0.3 is 5.73 Å². The Morgan fingerprint density at radius 1 is 1.14 bits per heavy atom. The van der Waals surface area contributed by atoms with E-state index in [2.05, 4.69) is 36.4 Å². The summed E-state index contributed by atoms with van der Waals surface area (Å²) >= 11 is 0. The molecule has 0 aromatic heterocycles. The molecule has 0 saturated heterocycles. The summed E-state index contributed by atoms with van der Waals surface area (Å²) in [5.41, 5.74) is 9.10. The summed E-state index contributed by atoms with van der Waals surface area (Å²) in [6.45, 7) is 0. The minimum absolute atomic E-state index is 0.265. The van der Waals surface area contributed by atoms with Crippen molar-refractivity contribution in [3.05, 3.63) is 47.5 Å². The molecule has 0 fully saturated rings. The van der Waals surface area contributed by atoms with Crippen molar-refractivity contribution in [2.75, 3.05) is 0 Å². The number of allylic oxidation sites excluding steroid dienone is 2. The second kappa shape index (κ2) is 2.96. The smallest absolute Gasteiger partial charge is 0.0335 e. The summed E-state index contributed by atoms with van der Waals surface area (Å²) in [6, 6.07) is 8.90. The highest BCUT2D eigenvalue weighted by atomic mass is 14.7. The van der Waals surface area contributed by atoms with Gasteiger partial charge in [0.1, 0.15) is 0 Å². The summed E-state index contributed by atoms with van der Waals surface area (Å²) < 4.78 is 0. The van der Waals surface area contributed by atoms with Gasteiger partial charge in [-0.25, -0.2) is 0 Å². The van der Waals surface area contributed by atoms with Crippen molar-refractivity contribution >= 4 is 0 Å². The fourth-order valence-corrected chi connectivity index (χ4v) is 2.94. The molecule has 1 aromatic carbocycles. The Kier molecular flexibility index (Phi) is 1.74. The number of benzene rings is 1. The molecule has 0 saturated carbocycles. The van der Waals surface area contributed by atoms with Gasteiger partial charge in [-0.15, -0.1) is 0 Å². The van der Waals surface area contributed by atoms with E-state index in [9.17, 15) is 0 Å². The van der Waals surface area contributed by atoms with Crippen LogP contribution in [0.25, 0.3) is 0 Å². The Morgan fingerprint density at radius 3 is 2.79 bits per heavy atom. The predicted octanol–water partition coefficient (Wildman–Crippen LogP) is 2.75. The third-order valence-corrected chi connectivity index (χ3v) is 3.65. The summed E-state index contributed by atoms with van der Waals surface area (Å²) in [4.78, 5) is 0. The van der Waals surface area contributed by atoms with Crippen molar-refractivity contribution in [1.29, 1.82) is 0 Å². The molecule has 0 spiro atoms. The molecule has 14 heavy (non-hydrogen) atoms. The van der Waals surface area contributed by atoms with E-state index in [-0.39, 0.29) is 6.04 Å². The zero-order valence-electron chi connectivity index (χ0n) is 8.19. The Hall–Kier alpha value is -1.08. The standard InChI is InChI=1S/C13H15N/c14-13-11-7-3-1-5-9(11)10-6-2-4-8-12(10)13/h1-3,5-7,10,12-13H,4,8,14H2. The summed E-state index contributed by atoms with van der Waals surface area (Å²) in [7, 11) is 0. The van der Waals surface area contributed by atoms with Gasteiger partial charge in [-0.05, 0) is 29.9 Å². The largest absolute Gasteiger partial charge is 0.324 e. The molecule has 3 unspecified atom stereocenters. The Bertz CT molecular complexity index is 381. The maximum Gasteiger partial charge on any atom is 0.0335 e. The van der Waals surface area contributed by atoms with Crippen LogP contribution in [-0.4, -0.2) is 0 Å². The van der Waals surface area contributed by atoms with Gasteiger partial charge in [0.15, 0.2) is 0 Å². The summed E-state index contributed by atoms with van der Waals surface area (Å²) in [5, 5.41) is 0. The van der Waals surface area contributed by atoms with Crippen molar-refractivity contribution < 1.29 is 0 Å². The van der Waals surface area contributed by atoms with E-state index in [0.717, 1.165) is 0 Å². The predicted molar refractivity (Wildman–Crippen MR) is 58.0 cm³/mol. The summed E-state index contributed by atoms with van der Waals surface area (Å²) in [5.74, 6) is 1.24. The molecule has 0 heterocycles. The van der Waals surface area contributed by atoms with Crippen LogP contribution in [0.2, 0.25) is 0 Å². The fourth-order valence-electron chi connectivity index (χ4n) is 2.94. The van der Waals surface area contributed by atoms with Crippen LogP contribution in [0.4, 0.5) is 0 Å². The number of rotatable bonds is 0. The van der Waals surface area contributed by atoms with Crippen LogP contribution in [0, 0.1) is 5.92 Å². The lowest BCUT2D eigenvalue weighted by Gasteiger charge is -2.23. The summed E-state index contributed by atoms with van der Waals surface area (Å²) in [6.07, 6.45) is 7.09. The normalized spacial score (nSPS) is 33.9. The minimum Gasteiger partial charge on any atom is -0.324 e. The molecule has 72 valence electrons. The lowest BCUT2D eigenvalue weighted by molar-refractivity contribution is 0.394. The first-order chi connectivity index (χ1) is 6.88. The average Bonchev–Trinajstić information content (AvgIpc) is 2.55. The second-order valence-electron chi connectivity index (χ2n) is 4.35. The molecule has 1 aromatic rings. The van der Waals surface area contributed by atoms with Crippen molar-refractivity contribution in [1.82, 2.24) is 0 Å². The third-order valence-electron chi connectivity index (χ3n) is 3.65. The van der Waals surface area contributed by atoms with E-state index in [1.165, 1.54) is 24.0 Å². The van der Waals surface area contributed by atoms with Gasteiger partial charge in [0.05, 0.1) is 0 Å². The first kappa shape index (κ1) is 8.25. The number of fused-ring (bicyclic) bond motifs is 3. The Morgan fingerprint density at radius 2 is 1.93 bits per heavy atom. The number of nitrogens with two attached hydrogens (primary N) is 1. The monoisotopic (exact) mass is 185 g/mol. The van der Waals surface area contributed by atoms with E-state index in [0.29, 0.717) is 11.8 Å². The molecule has 3 rings (SSSR count). The van der Waals surface area contributed by atoms with E-state index in [1.54, 1.807) is 0 Å². The zero-order chi connectivity index (χ0) is 9.54. The van der Waals surface area contributed by atoms with E-state index >= 15 is 0 Å². The van der Waals surface area contributed by atoms with Crippen molar-refractivity contribution in [3.8, 4) is 0 Å². The van der Waals surface area contributed by atoms with Crippen LogP contribution in [0.1, 0.15) is 35.9 Å². The van der Waals surface area contributed by atoms with Gasteiger partial charge in [0.2, 0.25) is 0 Å². The highest BCUT2D eigenvalue weighted by Gasteiger charge is 2.37. The van der Waals surface area contributed by atoms with Gasteiger partial charge >= 0.3 is 0 Å². The molecule has 2 aliphatic carbocycles. The first-order valence-electron chi connectivity index (χ1n) is 5.39. The molecule has 3 atom stereocenters. The van der Waals surface area contributed by atoms with Crippen LogP contribution < -0.4 is 5.73 Å². The molecular formula is C13H15N. The van der Waals surface area contributed by atoms with E-state index < -0.39 is 0 Å². The molecule has 1 nitrogen and oxygen atoms in total. The molecule has 0 aliphatic heterocycles. The van der Waals surface area contributed by atoms with E-state index in [1.807, 2.05) is 0 Å². The second-order valence-corrected chi connectivity index (χ2v) is 4.35. The number of hydrogen-bond donors (Lipinski definition) is 1. The van der Waals surface area contributed by atoms with Gasteiger partial charge in [-0.3, -0.25) is 0 Å². The Labute approximate surface area is 84.6 Å². The van der Waals surface area contributed by atoms with Crippen molar-refractivity contribution in [3.63, 3.8) is 0 Å². The molecule has 0 amide bonds. The van der Waals surface area contributed by atoms with Crippen LogP contribution in [-0.2, 0) is 0 Å². The molecule has 2 aliphatic rings. The quantitative estimate of drug-likeness (QED) is 0.618. The van der Waals surface area contributed by atoms with Crippen LogP contribution >= 0.6 is 0 Å². The van der Waals surface area contributed by atoms with Crippen LogP contribution in [0.15, 0.2) is 36.4 Å². The minimum atomic E-state index is 0.265. The lowest BCUT2D eigenvalue weighted by atomic mass is 9.83. The van der Waals surface area contributed by atoms with Gasteiger partial charge in [0.25, 0.3) is 0 Å². The molecule has 0 bridgehead atoms. The van der Waals surface area contributed by atoms with Crippen molar-refractivity contribution in [2.24, 2.45) is 11.7 Å². The highest BCUT2D eigenvalue weighted by molar-refractivity contribution is 5.42. The maximum atomic E-state index is 6.27. The maximum absolute atomic E-state index is 6.27. The zero-order valence-corrected chi connectivity index (χ0v) is 8.19. The topological polar surface area (TPSA) is 26.0 Å². The van der Waals surface area contributed by atoms with Gasteiger partial charge in [0, 0.05) is 12.0 Å². The van der Waals surface area contributed by atoms with Crippen LogP contribution in [0.3, 0.4) is 0 Å².